The fourth-order valence-corrected chi connectivity index (χ4v) is 2.89. The molecule has 0 bridgehead atoms. The topological polar surface area (TPSA) is 56.4 Å². The van der Waals surface area contributed by atoms with Crippen LogP contribution in [0.15, 0.2) is 42.6 Å². The summed E-state index contributed by atoms with van der Waals surface area (Å²) in [5.41, 5.74) is 4.29. The van der Waals surface area contributed by atoms with Gasteiger partial charge in [0.1, 0.15) is 5.82 Å². The summed E-state index contributed by atoms with van der Waals surface area (Å²) in [4.78, 5) is 14.2. The first-order valence-electron chi connectivity index (χ1n) is 8.52. The molecule has 5 nitrogen and oxygen atoms in total. The first kappa shape index (κ1) is 17.9. The van der Waals surface area contributed by atoms with Crippen molar-refractivity contribution in [3.63, 3.8) is 0 Å². The molecule has 0 spiro atoms. The maximum atomic E-state index is 14.2. The summed E-state index contributed by atoms with van der Waals surface area (Å²) in [7, 11) is 3.94. The maximum absolute atomic E-state index is 14.2. The highest BCUT2D eigenvalue weighted by Crippen LogP contribution is 2.34. The maximum Gasteiger partial charge on any atom is 0.257 e. The third-order valence-corrected chi connectivity index (χ3v) is 4.26. The molecule has 1 heterocycles. The summed E-state index contributed by atoms with van der Waals surface area (Å²) < 4.78 is 14.2. The van der Waals surface area contributed by atoms with Crippen LogP contribution in [0.1, 0.15) is 11.1 Å². The minimum atomic E-state index is -0.334. The van der Waals surface area contributed by atoms with E-state index in [1.54, 1.807) is 18.3 Å². The molecule has 0 fully saturated rings. The van der Waals surface area contributed by atoms with Crippen molar-refractivity contribution in [3.8, 4) is 0 Å². The molecule has 0 aromatic heterocycles. The fourth-order valence-electron chi connectivity index (χ4n) is 2.89. The lowest BCUT2D eigenvalue weighted by Crippen LogP contribution is -2.21. The van der Waals surface area contributed by atoms with Crippen LogP contribution >= 0.6 is 0 Å². The van der Waals surface area contributed by atoms with Gasteiger partial charge in [0, 0.05) is 36.2 Å². The van der Waals surface area contributed by atoms with Crippen LogP contribution in [0.4, 0.5) is 21.5 Å². The molecule has 2 aromatic rings. The van der Waals surface area contributed by atoms with Crippen LogP contribution in [-0.2, 0) is 4.79 Å². The molecule has 26 heavy (non-hydrogen) atoms. The molecule has 6 heteroatoms. The first-order valence-corrected chi connectivity index (χ1v) is 8.52. The van der Waals surface area contributed by atoms with Crippen molar-refractivity contribution in [1.29, 1.82) is 0 Å². The van der Waals surface area contributed by atoms with Crippen molar-refractivity contribution < 1.29 is 9.18 Å². The predicted molar refractivity (Wildman–Crippen MR) is 105 cm³/mol. The number of fused-ring (bicyclic) bond motifs is 1. The number of carbonyl (C=O) groups is 1. The van der Waals surface area contributed by atoms with E-state index in [1.165, 1.54) is 6.07 Å². The van der Waals surface area contributed by atoms with E-state index in [9.17, 15) is 9.18 Å². The normalized spacial score (nSPS) is 14.5. The van der Waals surface area contributed by atoms with Crippen LogP contribution in [0.2, 0.25) is 0 Å². The molecule has 0 saturated heterocycles. The van der Waals surface area contributed by atoms with Crippen molar-refractivity contribution in [2.45, 2.75) is 6.92 Å². The van der Waals surface area contributed by atoms with Crippen LogP contribution in [0.3, 0.4) is 0 Å². The number of nitrogens with one attached hydrogen (secondary N) is 3. The summed E-state index contributed by atoms with van der Waals surface area (Å²) in [6.45, 7) is 3.44. The first-order chi connectivity index (χ1) is 12.5. The second kappa shape index (κ2) is 7.58. The number of hydrogen-bond donors (Lipinski definition) is 3. The third-order valence-electron chi connectivity index (χ3n) is 4.26. The van der Waals surface area contributed by atoms with Gasteiger partial charge in [-0.05, 0) is 50.8 Å². The molecule has 1 aliphatic rings. The number of amides is 1. The van der Waals surface area contributed by atoms with E-state index in [-0.39, 0.29) is 11.7 Å². The molecule has 3 rings (SSSR count). The number of likely N-dealkylation sites (N-methyl/N-ethyl adjacent to an activating group) is 1. The van der Waals surface area contributed by atoms with Crippen molar-refractivity contribution in [2.24, 2.45) is 0 Å². The van der Waals surface area contributed by atoms with Gasteiger partial charge >= 0.3 is 0 Å². The zero-order valence-corrected chi connectivity index (χ0v) is 15.2. The molecule has 1 aliphatic heterocycles. The van der Waals surface area contributed by atoms with Crippen molar-refractivity contribution >= 4 is 28.5 Å². The Labute approximate surface area is 152 Å². The Balaban J connectivity index is 1.73. The van der Waals surface area contributed by atoms with Crippen molar-refractivity contribution in [2.75, 3.05) is 43.1 Å². The van der Waals surface area contributed by atoms with Crippen LogP contribution in [0.25, 0.3) is 5.57 Å². The predicted octanol–water partition coefficient (Wildman–Crippen LogP) is 3.51. The monoisotopic (exact) mass is 354 g/mol. The van der Waals surface area contributed by atoms with E-state index < -0.39 is 0 Å². The highest BCUT2D eigenvalue weighted by atomic mass is 19.1. The Morgan fingerprint density at radius 2 is 2.04 bits per heavy atom. The molecule has 0 aliphatic carbocycles. The molecular weight excluding hydrogens is 331 g/mol. The van der Waals surface area contributed by atoms with Gasteiger partial charge in [-0.25, -0.2) is 4.39 Å². The fraction of sp³-hybridized carbons (Fsp3) is 0.250. The van der Waals surface area contributed by atoms with Gasteiger partial charge in [-0.2, -0.15) is 0 Å². The molecule has 0 unspecified atom stereocenters. The van der Waals surface area contributed by atoms with Crippen LogP contribution in [0, 0.1) is 12.7 Å². The zero-order valence-electron chi connectivity index (χ0n) is 15.2. The van der Waals surface area contributed by atoms with E-state index in [0.29, 0.717) is 23.5 Å². The van der Waals surface area contributed by atoms with Crippen LogP contribution in [-0.4, -0.2) is 38.0 Å². The third kappa shape index (κ3) is 3.86. The molecule has 136 valence electrons. The van der Waals surface area contributed by atoms with Crippen molar-refractivity contribution in [1.82, 2.24) is 4.90 Å². The Bertz CT molecular complexity index is 861. The Kier molecular flexibility index (Phi) is 5.23. The number of hydrogen-bond acceptors (Lipinski definition) is 4. The molecule has 0 saturated carbocycles. The number of anilines is 3. The van der Waals surface area contributed by atoms with E-state index in [1.807, 2.05) is 44.1 Å². The average Bonchev–Trinajstić information content (AvgIpc) is 2.91. The van der Waals surface area contributed by atoms with Gasteiger partial charge in [0.2, 0.25) is 0 Å². The SMILES string of the molecule is Cc1cccc2c1C(=CNc1ccc(NCCN(C)C)c(F)c1)C(=O)N2. The average molecular weight is 354 g/mol. The lowest BCUT2D eigenvalue weighted by atomic mass is 10.0. The highest BCUT2D eigenvalue weighted by molar-refractivity contribution is 6.32. The Hall–Kier alpha value is -2.86. The number of halogens is 1. The van der Waals surface area contributed by atoms with Gasteiger partial charge in [-0.1, -0.05) is 12.1 Å². The van der Waals surface area contributed by atoms with E-state index in [0.717, 1.165) is 23.4 Å². The number of rotatable bonds is 6. The minimum absolute atomic E-state index is 0.163. The highest BCUT2D eigenvalue weighted by Gasteiger charge is 2.25. The van der Waals surface area contributed by atoms with Crippen LogP contribution < -0.4 is 16.0 Å². The number of aryl methyl sites for hydroxylation is 1. The van der Waals surface area contributed by atoms with Crippen LogP contribution in [0.5, 0.6) is 0 Å². The molecular formula is C20H23FN4O. The van der Waals surface area contributed by atoms with Gasteiger partial charge < -0.3 is 20.9 Å². The lowest BCUT2D eigenvalue weighted by Gasteiger charge is -2.12. The van der Waals surface area contributed by atoms with E-state index in [2.05, 4.69) is 16.0 Å². The summed E-state index contributed by atoms with van der Waals surface area (Å²) in [6, 6.07) is 10.6. The van der Waals surface area contributed by atoms with E-state index >= 15 is 0 Å². The summed E-state index contributed by atoms with van der Waals surface area (Å²) in [5, 5.41) is 8.94. The zero-order chi connectivity index (χ0) is 18.7. The standard InChI is InChI=1S/C20H23FN4O/c1-13-5-4-6-18-19(13)15(20(26)24-18)12-23-14-7-8-17(16(21)11-14)22-9-10-25(2)3/h4-8,11-12,22-23H,9-10H2,1-3H3,(H,24,26). The molecule has 3 N–H and O–H groups in total. The summed E-state index contributed by atoms with van der Waals surface area (Å²) >= 11 is 0. The molecule has 0 atom stereocenters. The molecule has 0 radical (unpaired) electrons. The second-order valence-corrected chi connectivity index (χ2v) is 6.58. The molecule has 1 amide bonds. The van der Waals surface area contributed by atoms with Gasteiger partial charge in [-0.15, -0.1) is 0 Å². The molecule has 2 aromatic carbocycles. The van der Waals surface area contributed by atoms with Gasteiger partial charge in [-0.3, -0.25) is 4.79 Å². The largest absolute Gasteiger partial charge is 0.381 e. The smallest absolute Gasteiger partial charge is 0.257 e. The number of carbonyl (C=O) groups excluding carboxylic acids is 1. The van der Waals surface area contributed by atoms with Crippen molar-refractivity contribution in [3.05, 3.63) is 59.5 Å². The Morgan fingerprint density at radius 1 is 1.23 bits per heavy atom. The second-order valence-electron chi connectivity index (χ2n) is 6.58. The quantitative estimate of drug-likeness (QED) is 0.695. The van der Waals surface area contributed by atoms with E-state index in [4.69, 9.17) is 0 Å². The minimum Gasteiger partial charge on any atom is -0.381 e. The Morgan fingerprint density at radius 3 is 2.77 bits per heavy atom. The summed E-state index contributed by atoms with van der Waals surface area (Å²) in [5.74, 6) is -0.496. The summed E-state index contributed by atoms with van der Waals surface area (Å²) in [6.07, 6.45) is 1.63. The van der Waals surface area contributed by atoms with Gasteiger partial charge in [0.15, 0.2) is 0 Å². The number of nitrogens with zero attached hydrogens (tertiary/aromatic N) is 1. The lowest BCUT2D eigenvalue weighted by molar-refractivity contribution is -0.110. The van der Waals surface area contributed by atoms with Gasteiger partial charge in [0.05, 0.1) is 11.3 Å². The number of benzene rings is 2. The van der Waals surface area contributed by atoms with Gasteiger partial charge in [0.25, 0.3) is 5.91 Å².